The summed E-state index contributed by atoms with van der Waals surface area (Å²) in [6.45, 7) is 0.932. The number of amides is 2. The number of nitrogens with zero attached hydrogens (tertiary/aromatic N) is 3. The van der Waals surface area contributed by atoms with Gasteiger partial charge >= 0.3 is 12.2 Å². The summed E-state index contributed by atoms with van der Waals surface area (Å²) in [5.74, 6) is -0.529. The highest BCUT2D eigenvalue weighted by atomic mass is 35.5. The highest BCUT2D eigenvalue weighted by Crippen LogP contribution is 2.43. The maximum atomic E-state index is 14.5. The van der Waals surface area contributed by atoms with E-state index >= 15 is 0 Å². The van der Waals surface area contributed by atoms with Crippen molar-refractivity contribution in [2.24, 2.45) is 0 Å². The highest BCUT2D eigenvalue weighted by Gasteiger charge is 2.49. The molecule has 2 fully saturated rings. The number of hydrogen-bond acceptors (Lipinski definition) is 2. The maximum absolute atomic E-state index is 14.5. The summed E-state index contributed by atoms with van der Waals surface area (Å²) < 4.78 is 54.2. The normalized spacial score (nSPS) is 20.5. The fourth-order valence-corrected chi connectivity index (χ4v) is 3.79. The Bertz CT molecular complexity index is 904. The lowest BCUT2D eigenvalue weighted by molar-refractivity contribution is -0.137. The average Bonchev–Trinajstić information content (AvgIpc) is 3.18. The summed E-state index contributed by atoms with van der Waals surface area (Å²) in [6, 6.07) is 8.72. The van der Waals surface area contributed by atoms with Gasteiger partial charge in [-0.2, -0.15) is 18.2 Å². The lowest BCUT2D eigenvalue weighted by atomic mass is 10.1. The number of carbonyl (C=O) groups is 1. The second-order valence-corrected chi connectivity index (χ2v) is 6.76. The zero-order chi connectivity index (χ0) is 19.3. The maximum Gasteiger partial charge on any atom is 0.417 e. The zero-order valence-electron chi connectivity index (χ0n) is 13.9. The molecule has 2 aliphatic heterocycles. The quantitative estimate of drug-likeness (QED) is 0.660. The molecule has 0 radical (unpaired) electrons. The number of anilines is 1. The topological polar surface area (TPSA) is 26.8 Å². The van der Waals surface area contributed by atoms with E-state index in [-0.39, 0.29) is 11.3 Å². The van der Waals surface area contributed by atoms with Gasteiger partial charge in [0.05, 0.1) is 10.6 Å². The van der Waals surface area contributed by atoms with Gasteiger partial charge < -0.3 is 0 Å². The van der Waals surface area contributed by atoms with Crippen molar-refractivity contribution in [3.05, 3.63) is 64.4 Å². The van der Waals surface area contributed by atoms with E-state index in [1.807, 2.05) is 0 Å². The van der Waals surface area contributed by atoms with Gasteiger partial charge in [-0.1, -0.05) is 29.8 Å². The Kier molecular flexibility index (Phi) is 4.27. The van der Waals surface area contributed by atoms with Crippen LogP contribution in [0.25, 0.3) is 0 Å². The van der Waals surface area contributed by atoms with Crippen LogP contribution in [0, 0.1) is 5.82 Å². The molecule has 9 heteroatoms. The number of hydrazine groups is 1. The van der Waals surface area contributed by atoms with Crippen LogP contribution in [0.5, 0.6) is 0 Å². The molecule has 0 saturated carbocycles. The minimum Gasteiger partial charge on any atom is -0.271 e. The van der Waals surface area contributed by atoms with Gasteiger partial charge in [-0.15, -0.1) is 0 Å². The van der Waals surface area contributed by atoms with Crippen molar-refractivity contribution in [2.75, 3.05) is 18.0 Å². The number of alkyl halides is 3. The molecule has 2 saturated heterocycles. The van der Waals surface area contributed by atoms with E-state index in [1.54, 1.807) is 11.1 Å². The van der Waals surface area contributed by atoms with Gasteiger partial charge in [0.2, 0.25) is 0 Å². The summed E-state index contributed by atoms with van der Waals surface area (Å²) in [4.78, 5) is 14.1. The lowest BCUT2D eigenvalue weighted by Gasteiger charge is -2.28. The second kappa shape index (κ2) is 6.38. The van der Waals surface area contributed by atoms with E-state index in [4.69, 9.17) is 11.6 Å². The summed E-state index contributed by atoms with van der Waals surface area (Å²) in [6.07, 6.45) is -4.82. The van der Waals surface area contributed by atoms with Crippen LogP contribution in [-0.4, -0.2) is 29.1 Å². The summed E-state index contributed by atoms with van der Waals surface area (Å²) >= 11 is 5.69. The first-order chi connectivity index (χ1) is 12.8. The average molecular weight is 400 g/mol. The monoisotopic (exact) mass is 399 g/mol. The predicted octanol–water partition coefficient (Wildman–Crippen LogP) is 5.06. The number of hydrogen-bond donors (Lipinski definition) is 0. The highest BCUT2D eigenvalue weighted by molar-refractivity contribution is 6.31. The van der Waals surface area contributed by atoms with Crippen molar-refractivity contribution >= 4 is 23.3 Å². The molecule has 1 unspecified atom stereocenters. The number of benzene rings is 2. The van der Waals surface area contributed by atoms with Crippen molar-refractivity contribution in [1.29, 1.82) is 0 Å². The SMILES string of the molecule is O=C1N(c2ccc(Cl)c(C(F)(F)F)c2)C(c2ccccc2F)N2CCCN12. The Morgan fingerprint density at radius 3 is 2.52 bits per heavy atom. The van der Waals surface area contributed by atoms with E-state index in [2.05, 4.69) is 0 Å². The van der Waals surface area contributed by atoms with Crippen LogP contribution in [-0.2, 0) is 6.18 Å². The van der Waals surface area contributed by atoms with Gasteiger partial charge in [-0.05, 0) is 30.7 Å². The van der Waals surface area contributed by atoms with Crippen molar-refractivity contribution in [3.8, 4) is 0 Å². The van der Waals surface area contributed by atoms with Crippen LogP contribution in [0.4, 0.5) is 28.0 Å². The van der Waals surface area contributed by atoms with E-state index in [0.717, 1.165) is 12.1 Å². The molecule has 4 rings (SSSR count). The molecule has 0 aromatic heterocycles. The van der Waals surface area contributed by atoms with E-state index in [0.29, 0.717) is 19.5 Å². The Morgan fingerprint density at radius 2 is 1.81 bits per heavy atom. The fourth-order valence-electron chi connectivity index (χ4n) is 3.57. The van der Waals surface area contributed by atoms with E-state index in [1.165, 1.54) is 34.2 Å². The van der Waals surface area contributed by atoms with Crippen molar-refractivity contribution < 1.29 is 22.4 Å². The third-order valence-electron chi connectivity index (χ3n) is 4.74. The molecule has 2 aliphatic rings. The Balaban J connectivity index is 1.85. The van der Waals surface area contributed by atoms with Crippen LogP contribution in [0.15, 0.2) is 42.5 Å². The number of halogens is 5. The predicted molar refractivity (Wildman–Crippen MR) is 91.5 cm³/mol. The van der Waals surface area contributed by atoms with Crippen LogP contribution >= 0.6 is 11.6 Å². The van der Waals surface area contributed by atoms with Crippen molar-refractivity contribution in [2.45, 2.75) is 18.8 Å². The van der Waals surface area contributed by atoms with Crippen LogP contribution in [0.2, 0.25) is 5.02 Å². The van der Waals surface area contributed by atoms with Crippen LogP contribution < -0.4 is 4.90 Å². The third-order valence-corrected chi connectivity index (χ3v) is 5.07. The number of urea groups is 1. The molecule has 4 nitrogen and oxygen atoms in total. The van der Waals surface area contributed by atoms with Crippen molar-refractivity contribution in [1.82, 2.24) is 10.0 Å². The summed E-state index contributed by atoms with van der Waals surface area (Å²) in [5, 5.41) is 2.67. The van der Waals surface area contributed by atoms with Gasteiger partial charge in [-0.25, -0.2) is 9.18 Å². The molecule has 142 valence electrons. The number of rotatable bonds is 2. The minimum absolute atomic E-state index is 0.0133. The summed E-state index contributed by atoms with van der Waals surface area (Å²) in [5.41, 5.74) is -0.804. The van der Waals surface area contributed by atoms with Gasteiger partial charge in [0, 0.05) is 24.3 Å². The molecule has 2 amide bonds. The smallest absolute Gasteiger partial charge is 0.271 e. The first-order valence-corrected chi connectivity index (χ1v) is 8.65. The number of fused-ring (bicyclic) bond motifs is 1. The first kappa shape index (κ1) is 18.1. The van der Waals surface area contributed by atoms with Gasteiger partial charge in [0.1, 0.15) is 12.0 Å². The molecule has 2 aromatic carbocycles. The van der Waals surface area contributed by atoms with E-state index in [9.17, 15) is 22.4 Å². The molecule has 0 bridgehead atoms. The van der Waals surface area contributed by atoms with Gasteiger partial charge in [-0.3, -0.25) is 9.91 Å². The minimum atomic E-state index is -4.67. The Morgan fingerprint density at radius 1 is 1.07 bits per heavy atom. The van der Waals surface area contributed by atoms with Gasteiger partial charge in [0.15, 0.2) is 0 Å². The Labute approximate surface area is 157 Å². The Hall–Kier alpha value is -2.32. The van der Waals surface area contributed by atoms with Crippen molar-refractivity contribution in [3.63, 3.8) is 0 Å². The molecule has 0 N–H and O–H groups in total. The largest absolute Gasteiger partial charge is 0.417 e. The molecule has 0 spiro atoms. The van der Waals surface area contributed by atoms with Crippen LogP contribution in [0.1, 0.15) is 23.7 Å². The molecule has 2 heterocycles. The standard InChI is InChI=1S/C18H14ClF4N3O/c19-14-7-6-11(10-13(14)18(21,22)23)26-16(12-4-1-2-5-15(12)20)24-8-3-9-25(24)17(26)27/h1-2,4-7,10,16H,3,8-9H2. The molecular weight excluding hydrogens is 386 g/mol. The first-order valence-electron chi connectivity index (χ1n) is 8.27. The van der Waals surface area contributed by atoms with Crippen LogP contribution in [0.3, 0.4) is 0 Å². The molecule has 27 heavy (non-hydrogen) atoms. The van der Waals surface area contributed by atoms with Gasteiger partial charge in [0.25, 0.3) is 0 Å². The third kappa shape index (κ3) is 2.93. The second-order valence-electron chi connectivity index (χ2n) is 6.35. The number of carbonyl (C=O) groups excluding carboxylic acids is 1. The molecular formula is C18H14ClF4N3O. The summed E-state index contributed by atoms with van der Waals surface area (Å²) in [7, 11) is 0. The molecule has 0 aliphatic carbocycles. The molecule has 2 aromatic rings. The van der Waals surface area contributed by atoms with E-state index < -0.39 is 34.8 Å². The molecule has 1 atom stereocenters. The lowest BCUT2D eigenvalue weighted by Crippen LogP contribution is -2.32. The fraction of sp³-hybridized carbons (Fsp3) is 0.278. The zero-order valence-corrected chi connectivity index (χ0v) is 14.6.